The van der Waals surface area contributed by atoms with Crippen LogP contribution < -0.4 is 0 Å². The van der Waals surface area contributed by atoms with Gasteiger partial charge in [0.2, 0.25) is 0 Å². The van der Waals surface area contributed by atoms with Gasteiger partial charge in [-0.1, -0.05) is 75.2 Å². The van der Waals surface area contributed by atoms with Crippen molar-refractivity contribution in [3.05, 3.63) is 65.5 Å². The molecule has 2 rings (SSSR count). The number of nitriles is 1. The van der Waals surface area contributed by atoms with Gasteiger partial charge in [0.25, 0.3) is 0 Å². The highest BCUT2D eigenvalue weighted by atomic mass is 32.1. The van der Waals surface area contributed by atoms with Gasteiger partial charge in [-0.3, -0.25) is 4.98 Å². The number of unbranched alkanes of at least 4 members (excludes halogenated alkanes) is 3. The van der Waals surface area contributed by atoms with Crippen molar-refractivity contribution < 1.29 is 0 Å². The molecule has 2 nitrogen and oxygen atoms in total. The number of hydrogen-bond acceptors (Lipinski definition) is 3. The molecule has 0 N–H and O–H groups in total. The summed E-state index contributed by atoms with van der Waals surface area (Å²) in [7, 11) is 0. The lowest BCUT2D eigenvalue weighted by Crippen LogP contribution is -2.27. The molecule has 0 aliphatic rings. The smallest absolute Gasteiger partial charge is 0.0863 e. The fourth-order valence-electron chi connectivity index (χ4n) is 3.08. The third-order valence-corrected chi connectivity index (χ3v) is 4.77. The predicted molar refractivity (Wildman–Crippen MR) is 103 cm³/mol. The van der Waals surface area contributed by atoms with Crippen LogP contribution in [0.25, 0.3) is 0 Å². The number of thiocarbonyl (C=S) groups is 1. The molecule has 1 aromatic heterocycles. The number of benzene rings is 1. The minimum Gasteiger partial charge on any atom is -0.264 e. The van der Waals surface area contributed by atoms with Crippen LogP contribution in [0, 0.1) is 11.3 Å². The summed E-state index contributed by atoms with van der Waals surface area (Å²) in [4.78, 5) is 4.21. The molecule has 1 heterocycles. The fraction of sp³-hybridized carbons (Fsp3) is 0.381. The second kappa shape index (κ2) is 9.30. The van der Waals surface area contributed by atoms with Gasteiger partial charge in [-0.2, -0.15) is 5.26 Å². The molecular weight excluding hydrogens is 312 g/mol. The van der Waals surface area contributed by atoms with Crippen LogP contribution in [0.3, 0.4) is 0 Å². The van der Waals surface area contributed by atoms with Crippen molar-refractivity contribution in [1.29, 1.82) is 5.26 Å². The van der Waals surface area contributed by atoms with Gasteiger partial charge in [-0.05, 0) is 35.6 Å². The van der Waals surface area contributed by atoms with E-state index in [0.717, 1.165) is 29.5 Å². The summed E-state index contributed by atoms with van der Waals surface area (Å²) in [5, 5.41) is 11.7. The van der Waals surface area contributed by atoms with E-state index in [9.17, 15) is 5.26 Å². The van der Waals surface area contributed by atoms with E-state index in [1.54, 1.807) is 11.6 Å². The highest BCUT2D eigenvalue weighted by Crippen LogP contribution is 2.34. The molecule has 2 aromatic rings. The van der Waals surface area contributed by atoms with Crippen molar-refractivity contribution in [1.82, 2.24) is 4.98 Å². The Hall–Kier alpha value is -2.05. The van der Waals surface area contributed by atoms with Crippen molar-refractivity contribution in [3.63, 3.8) is 0 Å². The van der Waals surface area contributed by atoms with Crippen LogP contribution in [0.2, 0.25) is 0 Å². The van der Waals surface area contributed by atoms with E-state index in [1.807, 2.05) is 24.4 Å². The van der Waals surface area contributed by atoms with Crippen LogP contribution in [0.5, 0.6) is 0 Å². The van der Waals surface area contributed by atoms with Crippen LogP contribution >= 0.6 is 12.2 Å². The Morgan fingerprint density at radius 1 is 1.17 bits per heavy atom. The largest absolute Gasteiger partial charge is 0.264 e. The molecule has 1 aromatic carbocycles. The van der Waals surface area contributed by atoms with Crippen molar-refractivity contribution in [2.45, 2.75) is 50.9 Å². The maximum atomic E-state index is 10.1. The maximum absolute atomic E-state index is 10.1. The third kappa shape index (κ3) is 4.72. The molecule has 0 fully saturated rings. The zero-order chi connectivity index (χ0) is 17.3. The number of pyridine rings is 1. The van der Waals surface area contributed by atoms with E-state index in [4.69, 9.17) is 12.2 Å². The highest BCUT2D eigenvalue weighted by molar-refractivity contribution is 7.79. The second-order valence-corrected chi connectivity index (χ2v) is 6.52. The molecule has 0 radical (unpaired) electrons. The molecule has 0 spiro atoms. The quantitative estimate of drug-likeness (QED) is 0.454. The Morgan fingerprint density at radius 2 is 1.96 bits per heavy atom. The van der Waals surface area contributed by atoms with Gasteiger partial charge in [0, 0.05) is 17.8 Å². The van der Waals surface area contributed by atoms with Crippen LogP contribution in [0.15, 0.2) is 48.8 Å². The molecule has 124 valence electrons. The zero-order valence-electron chi connectivity index (χ0n) is 14.2. The van der Waals surface area contributed by atoms with Crippen molar-refractivity contribution in [2.24, 2.45) is 0 Å². The van der Waals surface area contributed by atoms with Crippen molar-refractivity contribution in [2.75, 3.05) is 0 Å². The van der Waals surface area contributed by atoms with Gasteiger partial charge in [0.1, 0.15) is 0 Å². The highest BCUT2D eigenvalue weighted by Gasteiger charge is 2.32. The molecule has 1 unspecified atom stereocenters. The minimum absolute atomic E-state index is 0.503. The molecule has 1 atom stereocenters. The Bertz CT molecular complexity index is 673. The van der Waals surface area contributed by atoms with Crippen LogP contribution in [0.4, 0.5) is 0 Å². The first kappa shape index (κ1) is 18.3. The average molecular weight is 337 g/mol. The van der Waals surface area contributed by atoms with Gasteiger partial charge in [-0.25, -0.2) is 0 Å². The summed E-state index contributed by atoms with van der Waals surface area (Å²) >= 11 is 4.99. The predicted octanol–water partition coefficient (Wildman–Crippen LogP) is 5.40. The van der Waals surface area contributed by atoms with E-state index in [0.29, 0.717) is 6.42 Å². The summed E-state index contributed by atoms with van der Waals surface area (Å²) in [5.74, 6) is 0. The molecule has 0 saturated carbocycles. The summed E-state index contributed by atoms with van der Waals surface area (Å²) in [6, 6.07) is 14.7. The standard InChI is InChI=1S/C21H24N2S/c1-2-3-4-5-12-21(17-22,14-19-7-6-13-23-15-19)20-10-8-18(16-24)9-11-20/h6-11,13,15-16H,2-5,12,14H2,1H3. The van der Waals surface area contributed by atoms with Crippen LogP contribution in [0.1, 0.15) is 55.7 Å². The number of rotatable bonds is 9. The molecule has 24 heavy (non-hydrogen) atoms. The van der Waals surface area contributed by atoms with Gasteiger partial charge in [0.05, 0.1) is 11.5 Å². The molecule has 0 amide bonds. The van der Waals surface area contributed by atoms with Gasteiger partial charge < -0.3 is 0 Å². The lowest BCUT2D eigenvalue weighted by Gasteiger charge is -2.27. The number of hydrogen-bond donors (Lipinski definition) is 0. The second-order valence-electron chi connectivity index (χ2n) is 6.28. The number of nitrogens with zero attached hydrogens (tertiary/aromatic N) is 2. The Morgan fingerprint density at radius 3 is 2.54 bits per heavy atom. The van der Waals surface area contributed by atoms with E-state index in [1.165, 1.54) is 19.3 Å². The van der Waals surface area contributed by atoms with Gasteiger partial charge in [-0.15, -0.1) is 0 Å². The van der Waals surface area contributed by atoms with Crippen molar-refractivity contribution >= 4 is 17.6 Å². The monoisotopic (exact) mass is 336 g/mol. The van der Waals surface area contributed by atoms with E-state index in [-0.39, 0.29) is 0 Å². The first-order valence-electron chi connectivity index (χ1n) is 8.60. The summed E-state index contributed by atoms with van der Waals surface area (Å²) in [6.07, 6.45) is 9.86. The Labute approximate surface area is 150 Å². The molecule has 0 aliphatic heterocycles. The van der Waals surface area contributed by atoms with Crippen LogP contribution in [-0.2, 0) is 11.8 Å². The Kier molecular flexibility index (Phi) is 7.08. The summed E-state index contributed by atoms with van der Waals surface area (Å²) in [6.45, 7) is 2.21. The van der Waals surface area contributed by atoms with Crippen molar-refractivity contribution in [3.8, 4) is 6.07 Å². The average Bonchev–Trinajstić information content (AvgIpc) is 2.65. The van der Waals surface area contributed by atoms with E-state index >= 15 is 0 Å². The first-order chi connectivity index (χ1) is 11.7. The van der Waals surface area contributed by atoms with Crippen LogP contribution in [-0.4, -0.2) is 10.4 Å². The minimum atomic E-state index is -0.503. The maximum Gasteiger partial charge on any atom is 0.0863 e. The SMILES string of the molecule is CCCCCCC(C#N)(Cc1cccnc1)c1ccc(C=S)cc1. The molecular formula is C21H24N2S. The molecule has 0 aliphatic carbocycles. The first-order valence-corrected chi connectivity index (χ1v) is 9.07. The zero-order valence-corrected chi connectivity index (χ0v) is 15.1. The lowest BCUT2D eigenvalue weighted by molar-refractivity contribution is 0.463. The summed E-state index contributed by atoms with van der Waals surface area (Å²) < 4.78 is 0. The van der Waals surface area contributed by atoms with E-state index < -0.39 is 5.41 Å². The van der Waals surface area contributed by atoms with Gasteiger partial charge in [0.15, 0.2) is 0 Å². The Balaban J connectivity index is 2.30. The van der Waals surface area contributed by atoms with Gasteiger partial charge >= 0.3 is 0 Å². The third-order valence-electron chi connectivity index (χ3n) is 4.50. The molecule has 0 bridgehead atoms. The summed E-state index contributed by atoms with van der Waals surface area (Å²) in [5.41, 5.74) is 2.68. The lowest BCUT2D eigenvalue weighted by atomic mass is 9.73. The number of aromatic nitrogens is 1. The fourth-order valence-corrected chi connectivity index (χ4v) is 3.24. The normalized spacial score (nSPS) is 13.0. The topological polar surface area (TPSA) is 36.7 Å². The molecule has 0 saturated heterocycles. The molecule has 3 heteroatoms. The van der Waals surface area contributed by atoms with E-state index in [2.05, 4.69) is 36.2 Å².